The number of nitrogens with one attached hydrogen (secondary N) is 1. The Balaban J connectivity index is 1.58. The maximum Gasteiger partial charge on any atom is 0.265 e. The van der Waals surface area contributed by atoms with Crippen LogP contribution in [0.15, 0.2) is 28.8 Å². The van der Waals surface area contributed by atoms with E-state index >= 15 is 0 Å². The third-order valence-corrected chi connectivity index (χ3v) is 5.58. The summed E-state index contributed by atoms with van der Waals surface area (Å²) in [5.74, 6) is 0.711. The van der Waals surface area contributed by atoms with Gasteiger partial charge in [-0.1, -0.05) is 12.1 Å². The summed E-state index contributed by atoms with van der Waals surface area (Å²) in [4.78, 5) is 35.9. The molecule has 0 bridgehead atoms. The lowest BCUT2D eigenvalue weighted by Crippen LogP contribution is -2.60. The molecule has 1 N–H and O–H groups in total. The molecule has 2 aromatic rings. The Kier molecular flexibility index (Phi) is 4.77. The van der Waals surface area contributed by atoms with E-state index in [0.29, 0.717) is 23.2 Å². The first-order chi connectivity index (χ1) is 13.8. The van der Waals surface area contributed by atoms with Gasteiger partial charge in [0, 0.05) is 14.1 Å². The van der Waals surface area contributed by atoms with E-state index in [2.05, 4.69) is 20.4 Å². The molecule has 0 spiro atoms. The predicted octanol–water partition coefficient (Wildman–Crippen LogP) is 2.04. The van der Waals surface area contributed by atoms with Gasteiger partial charge in [-0.25, -0.2) is 0 Å². The van der Waals surface area contributed by atoms with Gasteiger partial charge in [-0.05, 0) is 50.5 Å². The zero-order chi connectivity index (χ0) is 20.8. The third-order valence-electron chi connectivity index (χ3n) is 5.58. The van der Waals surface area contributed by atoms with Gasteiger partial charge < -0.3 is 14.7 Å². The third kappa shape index (κ3) is 3.35. The number of fused-ring (bicyclic) bond motifs is 1. The summed E-state index contributed by atoms with van der Waals surface area (Å²) in [5.41, 5.74) is 0.379. The fraction of sp³-hybridized carbons (Fsp3) is 0.500. The van der Waals surface area contributed by atoms with Crippen LogP contribution in [-0.4, -0.2) is 59.6 Å². The van der Waals surface area contributed by atoms with E-state index in [4.69, 9.17) is 4.52 Å². The molecular formula is C20H26N6O3. The first kappa shape index (κ1) is 19.4. The summed E-state index contributed by atoms with van der Waals surface area (Å²) in [6.45, 7) is 4.46. The maximum atomic E-state index is 13.4. The second-order valence-corrected chi connectivity index (χ2v) is 8.21. The molecule has 0 radical (unpaired) electrons. The molecule has 1 fully saturated rings. The molecule has 3 heterocycles. The van der Waals surface area contributed by atoms with Crippen LogP contribution in [0.3, 0.4) is 0 Å². The molecule has 2 amide bonds. The molecule has 2 aliphatic heterocycles. The van der Waals surface area contributed by atoms with Crippen LogP contribution in [0.4, 0.5) is 17.3 Å². The predicted molar refractivity (Wildman–Crippen MR) is 109 cm³/mol. The van der Waals surface area contributed by atoms with Crippen molar-refractivity contribution in [2.24, 2.45) is 0 Å². The topological polar surface area (TPSA) is 94.8 Å². The first-order valence-corrected chi connectivity index (χ1v) is 9.77. The molecule has 1 aromatic heterocycles. The van der Waals surface area contributed by atoms with E-state index < -0.39 is 5.54 Å². The number of hydrogen-bond acceptors (Lipinski definition) is 7. The standard InChI is InChI=1S/C20H26N6O3/c1-20(2)18(28)21-13-8-5-6-9-14(13)26(20)16(27)12-25-11-7-10-15(25)17-22-19(23-29-17)24(3)4/h5-6,8-9,15H,7,10-12H2,1-4H3,(H,21,28). The van der Waals surface area contributed by atoms with Gasteiger partial charge in [-0.2, -0.15) is 4.98 Å². The zero-order valence-electron chi connectivity index (χ0n) is 17.2. The fourth-order valence-corrected chi connectivity index (χ4v) is 3.98. The zero-order valence-corrected chi connectivity index (χ0v) is 17.2. The number of rotatable bonds is 4. The number of likely N-dealkylation sites (tertiary alicyclic amines) is 1. The lowest BCUT2D eigenvalue weighted by atomic mass is 9.96. The summed E-state index contributed by atoms with van der Waals surface area (Å²) in [5, 5.41) is 6.88. The van der Waals surface area contributed by atoms with Crippen molar-refractivity contribution in [2.75, 3.05) is 42.3 Å². The van der Waals surface area contributed by atoms with Crippen LogP contribution >= 0.6 is 0 Å². The average Bonchev–Trinajstić information content (AvgIpc) is 3.31. The Labute approximate surface area is 169 Å². The molecule has 0 aliphatic carbocycles. The Morgan fingerprint density at radius 3 is 2.83 bits per heavy atom. The van der Waals surface area contributed by atoms with Crippen molar-refractivity contribution in [2.45, 2.75) is 38.3 Å². The lowest BCUT2D eigenvalue weighted by Gasteiger charge is -2.42. The van der Waals surface area contributed by atoms with Crippen molar-refractivity contribution < 1.29 is 14.1 Å². The number of amides is 2. The average molecular weight is 398 g/mol. The van der Waals surface area contributed by atoms with Crippen molar-refractivity contribution >= 4 is 29.1 Å². The van der Waals surface area contributed by atoms with Gasteiger partial charge in [0.15, 0.2) is 0 Å². The number of anilines is 3. The van der Waals surface area contributed by atoms with Gasteiger partial charge in [0.25, 0.3) is 5.95 Å². The summed E-state index contributed by atoms with van der Waals surface area (Å²) in [6, 6.07) is 7.28. The largest absolute Gasteiger partial charge is 0.344 e. The van der Waals surface area contributed by atoms with E-state index in [1.165, 1.54) is 0 Å². The van der Waals surface area contributed by atoms with E-state index in [9.17, 15) is 9.59 Å². The van der Waals surface area contributed by atoms with E-state index in [1.54, 1.807) is 23.6 Å². The molecule has 154 valence electrons. The van der Waals surface area contributed by atoms with Crippen molar-refractivity contribution in [3.63, 3.8) is 0 Å². The summed E-state index contributed by atoms with van der Waals surface area (Å²) in [7, 11) is 3.71. The maximum absolute atomic E-state index is 13.4. The number of hydrogen-bond donors (Lipinski definition) is 1. The number of carbonyl (C=O) groups is 2. The van der Waals surface area contributed by atoms with Gasteiger partial charge in [-0.15, -0.1) is 0 Å². The van der Waals surface area contributed by atoms with Gasteiger partial charge in [0.1, 0.15) is 5.54 Å². The van der Waals surface area contributed by atoms with E-state index in [0.717, 1.165) is 19.4 Å². The highest BCUT2D eigenvalue weighted by Crippen LogP contribution is 2.38. The fourth-order valence-electron chi connectivity index (χ4n) is 3.98. The molecule has 2 aliphatic rings. The van der Waals surface area contributed by atoms with E-state index in [1.807, 2.05) is 38.4 Å². The molecule has 29 heavy (non-hydrogen) atoms. The number of nitrogens with zero attached hydrogens (tertiary/aromatic N) is 5. The van der Waals surface area contributed by atoms with Crippen LogP contribution in [0.2, 0.25) is 0 Å². The molecule has 1 atom stereocenters. The van der Waals surface area contributed by atoms with Gasteiger partial charge in [0.05, 0.1) is 24.0 Å². The summed E-state index contributed by atoms with van der Waals surface area (Å²) in [6.07, 6.45) is 1.79. The highest BCUT2D eigenvalue weighted by atomic mass is 16.5. The number of carbonyl (C=O) groups excluding carboxylic acids is 2. The quantitative estimate of drug-likeness (QED) is 0.842. The molecule has 9 nitrogen and oxygen atoms in total. The smallest absolute Gasteiger partial charge is 0.265 e. The van der Waals surface area contributed by atoms with Gasteiger partial charge in [0.2, 0.25) is 17.7 Å². The van der Waals surface area contributed by atoms with Crippen molar-refractivity contribution in [1.82, 2.24) is 15.0 Å². The van der Waals surface area contributed by atoms with Crippen molar-refractivity contribution in [3.8, 4) is 0 Å². The van der Waals surface area contributed by atoms with Crippen LogP contribution in [0.25, 0.3) is 0 Å². The van der Waals surface area contributed by atoms with Crippen LogP contribution in [0, 0.1) is 0 Å². The minimum absolute atomic E-state index is 0.0999. The summed E-state index contributed by atoms with van der Waals surface area (Å²) >= 11 is 0. The van der Waals surface area contributed by atoms with Crippen LogP contribution in [-0.2, 0) is 9.59 Å². The molecule has 1 aromatic carbocycles. The van der Waals surface area contributed by atoms with Gasteiger partial charge >= 0.3 is 0 Å². The highest BCUT2D eigenvalue weighted by molar-refractivity contribution is 6.14. The normalized spacial score (nSPS) is 21.0. The molecule has 4 rings (SSSR count). The number of aromatic nitrogens is 2. The second kappa shape index (κ2) is 7.14. The van der Waals surface area contributed by atoms with Crippen molar-refractivity contribution in [1.29, 1.82) is 0 Å². The molecule has 1 saturated heterocycles. The van der Waals surface area contributed by atoms with Crippen molar-refractivity contribution in [3.05, 3.63) is 30.2 Å². The summed E-state index contributed by atoms with van der Waals surface area (Å²) < 4.78 is 5.45. The molecule has 9 heteroatoms. The van der Waals surface area contributed by atoms with Crippen LogP contribution in [0.5, 0.6) is 0 Å². The molecule has 1 unspecified atom stereocenters. The Hall–Kier alpha value is -2.94. The lowest BCUT2D eigenvalue weighted by molar-refractivity contribution is -0.127. The van der Waals surface area contributed by atoms with Gasteiger partial charge in [-0.3, -0.25) is 19.4 Å². The monoisotopic (exact) mass is 398 g/mol. The molecule has 0 saturated carbocycles. The minimum atomic E-state index is -0.983. The first-order valence-electron chi connectivity index (χ1n) is 9.77. The second-order valence-electron chi connectivity index (χ2n) is 8.21. The highest BCUT2D eigenvalue weighted by Gasteiger charge is 2.44. The Morgan fingerprint density at radius 2 is 2.10 bits per heavy atom. The number of para-hydroxylation sites is 2. The molecular weight excluding hydrogens is 372 g/mol. The Bertz CT molecular complexity index is 938. The number of benzene rings is 1. The van der Waals surface area contributed by atoms with Crippen LogP contribution in [0.1, 0.15) is 38.6 Å². The minimum Gasteiger partial charge on any atom is -0.344 e. The Morgan fingerprint density at radius 1 is 1.34 bits per heavy atom. The SMILES string of the molecule is CN(C)c1noc(C2CCCN2CC(=O)N2c3ccccc3NC(=O)C2(C)C)n1. The van der Waals surface area contributed by atoms with E-state index in [-0.39, 0.29) is 24.4 Å². The van der Waals surface area contributed by atoms with Crippen LogP contribution < -0.4 is 15.1 Å².